The molecule has 2 rings (SSSR count). The fourth-order valence-electron chi connectivity index (χ4n) is 1.14. The summed E-state index contributed by atoms with van der Waals surface area (Å²) in [5.74, 6) is 1.24. The predicted octanol–water partition coefficient (Wildman–Crippen LogP) is 3.36. The molecule has 0 amide bonds. The van der Waals surface area contributed by atoms with Crippen molar-refractivity contribution in [1.82, 2.24) is 0 Å². The first-order valence-electron chi connectivity index (χ1n) is 4.49. The number of rotatable bonds is 3. The Bertz CT molecular complexity index is 524. The Morgan fingerprint density at radius 3 is 2.62 bits per heavy atom. The van der Waals surface area contributed by atoms with Gasteiger partial charge in [0.2, 0.25) is 0 Å². The number of ether oxygens (including phenoxy) is 1. The largest absolute Gasteiger partial charge is 0.424 e. The van der Waals surface area contributed by atoms with E-state index in [1.54, 1.807) is 24.3 Å². The van der Waals surface area contributed by atoms with Crippen LogP contribution in [-0.2, 0) is 0 Å². The number of para-hydroxylation sites is 1. The zero-order valence-corrected chi connectivity index (χ0v) is 9.72. The molecule has 0 aliphatic rings. The van der Waals surface area contributed by atoms with E-state index in [1.165, 1.54) is 0 Å². The monoisotopic (exact) mass is 253 g/mol. The van der Waals surface area contributed by atoms with Crippen molar-refractivity contribution in [3.05, 3.63) is 47.2 Å². The number of hydrogen-bond donors (Lipinski definition) is 1. The predicted molar refractivity (Wildman–Crippen MR) is 66.1 cm³/mol. The summed E-state index contributed by atoms with van der Waals surface area (Å²) in [6, 6.07) is 10.4. The number of thiocarbonyl (C=S) groups is 1. The molecule has 0 aliphatic heterocycles. The summed E-state index contributed by atoms with van der Waals surface area (Å²) >= 11 is 10.7. The molecule has 0 spiro atoms. The molecule has 0 fully saturated rings. The number of benzene rings is 1. The summed E-state index contributed by atoms with van der Waals surface area (Å²) in [7, 11) is 0. The van der Waals surface area contributed by atoms with Gasteiger partial charge in [0.05, 0.1) is 5.02 Å². The van der Waals surface area contributed by atoms with Crippen LogP contribution in [0.25, 0.3) is 0 Å². The molecule has 82 valence electrons. The van der Waals surface area contributed by atoms with Crippen molar-refractivity contribution in [3.63, 3.8) is 0 Å². The first-order valence-corrected chi connectivity index (χ1v) is 5.27. The van der Waals surface area contributed by atoms with Gasteiger partial charge in [0.15, 0.2) is 5.76 Å². The third kappa shape index (κ3) is 2.35. The maximum absolute atomic E-state index is 5.93. The Labute approximate surface area is 103 Å². The van der Waals surface area contributed by atoms with Gasteiger partial charge in [-0.1, -0.05) is 36.0 Å². The normalized spacial score (nSPS) is 10.1. The van der Waals surface area contributed by atoms with Crippen LogP contribution in [0.1, 0.15) is 5.76 Å². The second-order valence-electron chi connectivity index (χ2n) is 3.02. The summed E-state index contributed by atoms with van der Waals surface area (Å²) in [5, 5.41) is 0.510. The molecule has 3 nitrogen and oxygen atoms in total. The van der Waals surface area contributed by atoms with Gasteiger partial charge in [-0.15, -0.1) is 0 Å². The third-order valence-corrected chi connectivity index (χ3v) is 2.38. The standard InChI is InChI=1S/C11H8ClNO2S/c12-7-3-1-2-4-8(7)14-10-6-5-9(15-10)11(13)16/h1-6H,(H2,13,16). The molecular weight excluding hydrogens is 246 g/mol. The summed E-state index contributed by atoms with van der Waals surface area (Å²) in [6.45, 7) is 0. The Balaban J connectivity index is 2.21. The van der Waals surface area contributed by atoms with Crippen molar-refractivity contribution in [2.24, 2.45) is 5.73 Å². The van der Waals surface area contributed by atoms with Crippen molar-refractivity contribution in [3.8, 4) is 11.7 Å². The van der Waals surface area contributed by atoms with Crippen molar-refractivity contribution in [2.75, 3.05) is 0 Å². The molecule has 1 aromatic heterocycles. The Morgan fingerprint density at radius 2 is 2.00 bits per heavy atom. The van der Waals surface area contributed by atoms with Gasteiger partial charge in [-0.3, -0.25) is 0 Å². The third-order valence-electron chi connectivity index (χ3n) is 1.87. The van der Waals surface area contributed by atoms with E-state index in [4.69, 9.17) is 38.7 Å². The second-order valence-corrected chi connectivity index (χ2v) is 3.86. The molecule has 2 N–H and O–H groups in total. The van der Waals surface area contributed by atoms with E-state index in [2.05, 4.69) is 0 Å². The van der Waals surface area contributed by atoms with E-state index < -0.39 is 0 Å². The minimum Gasteiger partial charge on any atom is -0.424 e. The zero-order valence-electron chi connectivity index (χ0n) is 8.14. The molecule has 0 saturated carbocycles. The van der Waals surface area contributed by atoms with Gasteiger partial charge in [0.1, 0.15) is 10.7 Å². The maximum Gasteiger partial charge on any atom is 0.290 e. The van der Waals surface area contributed by atoms with Crippen LogP contribution in [0.3, 0.4) is 0 Å². The number of nitrogens with two attached hydrogens (primary N) is 1. The van der Waals surface area contributed by atoms with Gasteiger partial charge >= 0.3 is 0 Å². The summed E-state index contributed by atoms with van der Waals surface area (Å²) in [6.07, 6.45) is 0. The fourth-order valence-corrected chi connectivity index (χ4v) is 1.43. The van der Waals surface area contributed by atoms with Crippen molar-refractivity contribution < 1.29 is 9.15 Å². The van der Waals surface area contributed by atoms with Crippen molar-refractivity contribution >= 4 is 28.8 Å². The minimum absolute atomic E-state index is 0.189. The van der Waals surface area contributed by atoms with Gasteiger partial charge in [0, 0.05) is 6.07 Å². The van der Waals surface area contributed by atoms with Crippen LogP contribution in [-0.4, -0.2) is 4.99 Å². The van der Waals surface area contributed by atoms with Crippen LogP contribution in [0, 0.1) is 0 Å². The average molecular weight is 254 g/mol. The lowest BCUT2D eigenvalue weighted by Gasteiger charge is -2.03. The Kier molecular flexibility index (Phi) is 3.12. The van der Waals surface area contributed by atoms with E-state index in [0.29, 0.717) is 22.5 Å². The lowest BCUT2D eigenvalue weighted by Crippen LogP contribution is -2.07. The summed E-state index contributed by atoms with van der Waals surface area (Å²) in [4.78, 5) is 0.189. The first-order chi connectivity index (χ1) is 7.66. The molecule has 0 bridgehead atoms. The highest BCUT2D eigenvalue weighted by Crippen LogP contribution is 2.29. The van der Waals surface area contributed by atoms with Gasteiger partial charge in [-0.25, -0.2) is 0 Å². The zero-order chi connectivity index (χ0) is 11.5. The van der Waals surface area contributed by atoms with E-state index in [1.807, 2.05) is 12.1 Å². The van der Waals surface area contributed by atoms with Crippen LogP contribution in [0.15, 0.2) is 40.8 Å². The van der Waals surface area contributed by atoms with E-state index in [0.717, 1.165) is 0 Å². The highest BCUT2D eigenvalue weighted by molar-refractivity contribution is 7.80. The molecule has 0 aliphatic carbocycles. The molecule has 0 saturated heterocycles. The van der Waals surface area contributed by atoms with Gasteiger partial charge in [0.25, 0.3) is 5.95 Å². The van der Waals surface area contributed by atoms with E-state index >= 15 is 0 Å². The second kappa shape index (κ2) is 4.55. The molecule has 0 atom stereocenters. The van der Waals surface area contributed by atoms with Crippen LogP contribution in [0.5, 0.6) is 11.7 Å². The molecule has 5 heteroatoms. The lowest BCUT2D eigenvalue weighted by molar-refractivity contribution is 0.344. The van der Waals surface area contributed by atoms with Gasteiger partial charge < -0.3 is 14.9 Å². The molecule has 1 aromatic carbocycles. The molecule has 0 radical (unpaired) electrons. The van der Waals surface area contributed by atoms with Crippen molar-refractivity contribution in [2.45, 2.75) is 0 Å². The maximum atomic E-state index is 5.93. The highest BCUT2D eigenvalue weighted by Gasteiger charge is 2.07. The van der Waals surface area contributed by atoms with Crippen LogP contribution >= 0.6 is 23.8 Å². The fraction of sp³-hybridized carbons (Fsp3) is 0. The molecular formula is C11H8ClNO2S. The molecule has 1 heterocycles. The Hall–Kier alpha value is -1.52. The minimum atomic E-state index is 0.189. The molecule has 0 unspecified atom stereocenters. The number of hydrogen-bond acceptors (Lipinski definition) is 3. The number of halogens is 1. The Morgan fingerprint density at radius 1 is 1.25 bits per heavy atom. The van der Waals surface area contributed by atoms with Crippen molar-refractivity contribution in [1.29, 1.82) is 0 Å². The average Bonchev–Trinajstić information content (AvgIpc) is 2.70. The molecule has 16 heavy (non-hydrogen) atoms. The molecule has 2 aromatic rings. The van der Waals surface area contributed by atoms with E-state index in [-0.39, 0.29) is 4.99 Å². The van der Waals surface area contributed by atoms with Crippen LogP contribution in [0.4, 0.5) is 0 Å². The van der Waals surface area contributed by atoms with Crippen LogP contribution in [0.2, 0.25) is 5.02 Å². The summed E-state index contributed by atoms with van der Waals surface area (Å²) in [5.41, 5.74) is 5.41. The SMILES string of the molecule is NC(=S)c1ccc(Oc2ccccc2Cl)o1. The quantitative estimate of drug-likeness (QED) is 0.852. The lowest BCUT2D eigenvalue weighted by atomic mass is 10.3. The topological polar surface area (TPSA) is 48.4 Å². The smallest absolute Gasteiger partial charge is 0.290 e. The number of furan rings is 1. The van der Waals surface area contributed by atoms with Gasteiger partial charge in [-0.05, 0) is 18.2 Å². The first kappa shape index (κ1) is 11.0. The highest BCUT2D eigenvalue weighted by atomic mass is 35.5. The van der Waals surface area contributed by atoms with E-state index in [9.17, 15) is 0 Å². The van der Waals surface area contributed by atoms with Crippen LogP contribution < -0.4 is 10.5 Å². The summed E-state index contributed by atoms with van der Waals surface area (Å²) < 4.78 is 10.7. The van der Waals surface area contributed by atoms with Gasteiger partial charge in [-0.2, -0.15) is 0 Å².